The lowest BCUT2D eigenvalue weighted by atomic mass is 10.2. The summed E-state index contributed by atoms with van der Waals surface area (Å²) in [7, 11) is 0. The molecule has 3 nitrogen and oxygen atoms in total. The van der Waals surface area contributed by atoms with Crippen molar-refractivity contribution in [3.8, 4) is 5.75 Å². The molecule has 3 rings (SSSR count). The van der Waals surface area contributed by atoms with Gasteiger partial charge in [0, 0.05) is 11.9 Å². The monoisotopic (exact) mass is 290 g/mol. The Bertz CT molecular complexity index is 619. The van der Waals surface area contributed by atoms with Crippen LogP contribution in [0, 0.1) is 0 Å². The van der Waals surface area contributed by atoms with Gasteiger partial charge >= 0.3 is 0 Å². The highest BCUT2D eigenvalue weighted by molar-refractivity contribution is 5.46. The predicted molar refractivity (Wildman–Crippen MR) is 88.8 cm³/mol. The smallest absolute Gasteiger partial charge is 0.119 e. The maximum atomic E-state index is 5.77. The van der Waals surface area contributed by atoms with Gasteiger partial charge in [0.15, 0.2) is 0 Å². The molecule has 0 aliphatic heterocycles. The Kier molecular flexibility index (Phi) is 4.67. The van der Waals surface area contributed by atoms with Gasteiger partial charge in [0.05, 0.1) is 12.2 Å². The molecule has 3 aromatic rings. The predicted octanol–water partition coefficient (Wildman–Crippen LogP) is 4.27. The third-order valence-corrected chi connectivity index (χ3v) is 3.30. The maximum absolute atomic E-state index is 5.77. The summed E-state index contributed by atoms with van der Waals surface area (Å²) >= 11 is 0. The highest BCUT2D eigenvalue weighted by Gasteiger charge is 1.98. The zero-order valence-corrected chi connectivity index (χ0v) is 12.3. The van der Waals surface area contributed by atoms with Gasteiger partial charge in [0.25, 0.3) is 0 Å². The highest BCUT2D eigenvalue weighted by atomic mass is 16.5. The molecule has 110 valence electrons. The van der Waals surface area contributed by atoms with Gasteiger partial charge in [0.2, 0.25) is 0 Å². The van der Waals surface area contributed by atoms with Gasteiger partial charge in [-0.15, -0.1) is 0 Å². The summed E-state index contributed by atoms with van der Waals surface area (Å²) in [6.45, 7) is 1.30. The summed E-state index contributed by atoms with van der Waals surface area (Å²) in [5.74, 6) is 0.868. The number of anilines is 1. The van der Waals surface area contributed by atoms with Crippen molar-refractivity contribution in [1.82, 2.24) is 4.98 Å². The SMILES string of the molecule is c1ccc(COc2ccc(NCc3ccccn3)cc2)cc1. The Morgan fingerprint density at radius 2 is 1.59 bits per heavy atom. The summed E-state index contributed by atoms with van der Waals surface area (Å²) in [6.07, 6.45) is 1.80. The maximum Gasteiger partial charge on any atom is 0.119 e. The van der Waals surface area contributed by atoms with E-state index in [9.17, 15) is 0 Å². The van der Waals surface area contributed by atoms with Crippen molar-refractivity contribution in [1.29, 1.82) is 0 Å². The van der Waals surface area contributed by atoms with Crippen LogP contribution in [-0.2, 0) is 13.2 Å². The second kappa shape index (κ2) is 7.27. The van der Waals surface area contributed by atoms with E-state index in [-0.39, 0.29) is 0 Å². The van der Waals surface area contributed by atoms with Gasteiger partial charge in [0.1, 0.15) is 12.4 Å². The first-order valence-corrected chi connectivity index (χ1v) is 7.31. The molecule has 1 aromatic heterocycles. The van der Waals surface area contributed by atoms with Crippen LogP contribution in [-0.4, -0.2) is 4.98 Å². The quantitative estimate of drug-likeness (QED) is 0.736. The zero-order chi connectivity index (χ0) is 15.0. The molecule has 0 atom stereocenters. The molecular weight excluding hydrogens is 272 g/mol. The number of nitrogens with zero attached hydrogens (tertiary/aromatic N) is 1. The Balaban J connectivity index is 1.52. The number of rotatable bonds is 6. The van der Waals surface area contributed by atoms with E-state index in [4.69, 9.17) is 4.74 Å². The molecule has 22 heavy (non-hydrogen) atoms. The van der Waals surface area contributed by atoms with Crippen LogP contribution in [0.25, 0.3) is 0 Å². The number of benzene rings is 2. The summed E-state index contributed by atoms with van der Waals surface area (Å²) in [4.78, 5) is 4.29. The fraction of sp³-hybridized carbons (Fsp3) is 0.105. The van der Waals surface area contributed by atoms with Crippen LogP contribution < -0.4 is 10.1 Å². The molecule has 0 aliphatic rings. The van der Waals surface area contributed by atoms with Gasteiger partial charge in [-0.25, -0.2) is 0 Å². The van der Waals surface area contributed by atoms with Crippen LogP contribution in [0.15, 0.2) is 79.0 Å². The van der Waals surface area contributed by atoms with Gasteiger partial charge in [-0.3, -0.25) is 4.98 Å². The normalized spacial score (nSPS) is 10.2. The van der Waals surface area contributed by atoms with E-state index < -0.39 is 0 Å². The minimum absolute atomic E-state index is 0.585. The summed E-state index contributed by atoms with van der Waals surface area (Å²) < 4.78 is 5.77. The van der Waals surface area contributed by atoms with Gasteiger partial charge in [-0.1, -0.05) is 36.4 Å². The third kappa shape index (κ3) is 4.09. The molecule has 3 heteroatoms. The van der Waals surface area contributed by atoms with Crippen molar-refractivity contribution in [3.63, 3.8) is 0 Å². The molecule has 0 radical (unpaired) electrons. The average molecular weight is 290 g/mol. The van der Waals surface area contributed by atoms with E-state index in [0.29, 0.717) is 13.2 Å². The van der Waals surface area contributed by atoms with Crippen molar-refractivity contribution < 1.29 is 4.74 Å². The fourth-order valence-corrected chi connectivity index (χ4v) is 2.11. The number of aromatic nitrogens is 1. The molecule has 0 saturated heterocycles. The van der Waals surface area contributed by atoms with Crippen LogP contribution >= 0.6 is 0 Å². The standard InChI is InChI=1S/C19H18N2O/c1-2-6-16(7-3-1)15-22-19-11-9-17(10-12-19)21-14-18-8-4-5-13-20-18/h1-13,21H,14-15H2. The summed E-state index contributed by atoms with van der Waals surface area (Å²) in [5, 5.41) is 3.34. The summed E-state index contributed by atoms with van der Waals surface area (Å²) in [6, 6.07) is 24.1. The van der Waals surface area contributed by atoms with Crippen LogP contribution in [0.4, 0.5) is 5.69 Å². The lowest BCUT2D eigenvalue weighted by Crippen LogP contribution is -2.01. The van der Waals surface area contributed by atoms with Crippen molar-refractivity contribution in [2.24, 2.45) is 0 Å². The first-order chi connectivity index (χ1) is 10.9. The molecule has 0 amide bonds. The van der Waals surface area contributed by atoms with Gasteiger partial charge < -0.3 is 10.1 Å². The van der Waals surface area contributed by atoms with Crippen LogP contribution in [0.3, 0.4) is 0 Å². The number of hydrogen-bond acceptors (Lipinski definition) is 3. The first kappa shape index (κ1) is 14.1. The molecule has 1 heterocycles. The van der Waals surface area contributed by atoms with Crippen molar-refractivity contribution >= 4 is 5.69 Å². The van der Waals surface area contributed by atoms with Crippen LogP contribution in [0.5, 0.6) is 5.75 Å². The average Bonchev–Trinajstić information content (AvgIpc) is 2.61. The Hall–Kier alpha value is -2.81. The minimum Gasteiger partial charge on any atom is -0.489 e. The van der Waals surface area contributed by atoms with Crippen LogP contribution in [0.2, 0.25) is 0 Å². The second-order valence-corrected chi connectivity index (χ2v) is 4.97. The molecule has 2 aromatic carbocycles. The number of hydrogen-bond donors (Lipinski definition) is 1. The molecule has 0 fully saturated rings. The second-order valence-electron chi connectivity index (χ2n) is 4.97. The number of pyridine rings is 1. The van der Waals surface area contributed by atoms with E-state index in [1.165, 1.54) is 5.56 Å². The topological polar surface area (TPSA) is 34.1 Å². The highest BCUT2D eigenvalue weighted by Crippen LogP contribution is 2.17. The first-order valence-electron chi connectivity index (χ1n) is 7.31. The fourth-order valence-electron chi connectivity index (χ4n) is 2.11. The summed E-state index contributed by atoms with van der Waals surface area (Å²) in [5.41, 5.74) is 3.24. The Labute approximate surface area is 130 Å². The third-order valence-electron chi connectivity index (χ3n) is 3.30. The molecule has 0 aliphatic carbocycles. The van der Waals surface area contributed by atoms with Gasteiger partial charge in [-0.2, -0.15) is 0 Å². The molecule has 0 spiro atoms. The molecule has 1 N–H and O–H groups in total. The van der Waals surface area contributed by atoms with Crippen molar-refractivity contribution in [2.45, 2.75) is 13.2 Å². The van der Waals surface area contributed by atoms with E-state index in [1.54, 1.807) is 6.20 Å². The van der Waals surface area contributed by atoms with Gasteiger partial charge in [-0.05, 0) is 42.0 Å². The molecule has 0 saturated carbocycles. The Morgan fingerprint density at radius 3 is 2.32 bits per heavy atom. The Morgan fingerprint density at radius 1 is 0.818 bits per heavy atom. The molecular formula is C19H18N2O. The largest absolute Gasteiger partial charge is 0.489 e. The molecule has 0 unspecified atom stereocenters. The van der Waals surface area contributed by atoms with E-state index in [0.717, 1.165) is 17.1 Å². The van der Waals surface area contributed by atoms with Crippen molar-refractivity contribution in [3.05, 3.63) is 90.3 Å². The lowest BCUT2D eigenvalue weighted by Gasteiger charge is -2.09. The van der Waals surface area contributed by atoms with Crippen molar-refractivity contribution in [2.75, 3.05) is 5.32 Å². The number of nitrogens with one attached hydrogen (secondary N) is 1. The number of ether oxygens (including phenoxy) is 1. The van der Waals surface area contributed by atoms with E-state index in [1.807, 2.05) is 60.7 Å². The minimum atomic E-state index is 0.585. The van der Waals surface area contributed by atoms with Crippen LogP contribution in [0.1, 0.15) is 11.3 Å². The van der Waals surface area contributed by atoms with E-state index in [2.05, 4.69) is 22.4 Å². The lowest BCUT2D eigenvalue weighted by molar-refractivity contribution is 0.306. The zero-order valence-electron chi connectivity index (χ0n) is 12.3. The molecule has 0 bridgehead atoms. The van der Waals surface area contributed by atoms with E-state index >= 15 is 0 Å².